The summed E-state index contributed by atoms with van der Waals surface area (Å²) >= 11 is 0. The Hall–Kier alpha value is -3.12. The largest absolute Gasteiger partial charge is 0.334 e. The van der Waals surface area contributed by atoms with Crippen molar-refractivity contribution < 1.29 is 4.79 Å². The minimum absolute atomic E-state index is 0.246. The van der Waals surface area contributed by atoms with Gasteiger partial charge in [-0.2, -0.15) is 5.10 Å². The van der Waals surface area contributed by atoms with E-state index in [1.807, 2.05) is 68.8 Å². The van der Waals surface area contributed by atoms with Gasteiger partial charge in [0.2, 0.25) is 0 Å². The van der Waals surface area contributed by atoms with E-state index in [1.165, 1.54) is 5.56 Å². The van der Waals surface area contributed by atoms with Gasteiger partial charge < -0.3 is 15.5 Å². The van der Waals surface area contributed by atoms with Crippen LogP contribution in [-0.4, -0.2) is 34.8 Å². The summed E-state index contributed by atoms with van der Waals surface area (Å²) in [7, 11) is 4.06. The fourth-order valence-electron chi connectivity index (χ4n) is 2.76. The van der Waals surface area contributed by atoms with Gasteiger partial charge in [-0.05, 0) is 43.4 Å². The van der Waals surface area contributed by atoms with Gasteiger partial charge >= 0.3 is 6.03 Å². The Morgan fingerprint density at radius 1 is 1.04 bits per heavy atom. The van der Waals surface area contributed by atoms with Gasteiger partial charge in [0.05, 0.1) is 11.4 Å². The average molecular weight is 349 g/mol. The summed E-state index contributed by atoms with van der Waals surface area (Å²) in [5.74, 6) is 0. The van der Waals surface area contributed by atoms with Crippen molar-refractivity contribution in [2.24, 2.45) is 0 Å². The van der Waals surface area contributed by atoms with Crippen LogP contribution in [0.1, 0.15) is 11.1 Å². The van der Waals surface area contributed by atoms with Crippen molar-refractivity contribution in [3.8, 4) is 5.69 Å². The van der Waals surface area contributed by atoms with E-state index < -0.39 is 0 Å². The number of hydrogen-bond donors (Lipinski definition) is 2. The van der Waals surface area contributed by atoms with Gasteiger partial charge in [0.25, 0.3) is 0 Å². The molecule has 3 rings (SSSR count). The zero-order valence-electron chi connectivity index (χ0n) is 15.0. The first kappa shape index (κ1) is 17.7. The Labute approximate surface area is 153 Å². The predicted molar refractivity (Wildman–Crippen MR) is 103 cm³/mol. The van der Waals surface area contributed by atoms with Crippen molar-refractivity contribution in [3.63, 3.8) is 0 Å². The summed E-state index contributed by atoms with van der Waals surface area (Å²) in [6.45, 7) is 1.31. The molecule has 0 fully saturated rings. The van der Waals surface area contributed by atoms with Gasteiger partial charge in [-0.25, -0.2) is 9.48 Å². The molecule has 0 unspecified atom stereocenters. The van der Waals surface area contributed by atoms with E-state index in [1.54, 1.807) is 10.9 Å². The maximum absolute atomic E-state index is 12.4. The molecule has 0 aliphatic carbocycles. The summed E-state index contributed by atoms with van der Waals surface area (Å²) in [5.41, 5.74) is 3.84. The maximum Gasteiger partial charge on any atom is 0.319 e. The van der Waals surface area contributed by atoms with Crippen molar-refractivity contribution in [1.82, 2.24) is 20.0 Å². The van der Waals surface area contributed by atoms with Crippen molar-refractivity contribution in [2.75, 3.05) is 19.4 Å². The Morgan fingerprint density at radius 2 is 1.77 bits per heavy atom. The molecule has 6 heteroatoms. The number of hydrogen-bond acceptors (Lipinski definition) is 3. The fourth-order valence-corrected chi connectivity index (χ4v) is 2.76. The van der Waals surface area contributed by atoms with E-state index in [9.17, 15) is 4.79 Å². The second-order valence-corrected chi connectivity index (χ2v) is 6.28. The monoisotopic (exact) mass is 349 g/mol. The molecule has 0 aliphatic heterocycles. The molecule has 2 aromatic carbocycles. The number of nitrogens with one attached hydrogen (secondary N) is 2. The lowest BCUT2D eigenvalue weighted by Crippen LogP contribution is -2.29. The summed E-state index contributed by atoms with van der Waals surface area (Å²) in [6.07, 6.45) is 3.55. The van der Waals surface area contributed by atoms with Crippen LogP contribution in [-0.2, 0) is 13.1 Å². The molecular formula is C20H23N5O. The smallest absolute Gasteiger partial charge is 0.319 e. The number of aromatic nitrogens is 2. The number of carbonyl (C=O) groups excluding carboxylic acids is 1. The highest BCUT2D eigenvalue weighted by Crippen LogP contribution is 2.19. The average Bonchev–Trinajstić information content (AvgIpc) is 3.15. The van der Waals surface area contributed by atoms with Crippen LogP contribution in [0.2, 0.25) is 0 Å². The van der Waals surface area contributed by atoms with Crippen LogP contribution in [0.5, 0.6) is 0 Å². The highest BCUT2D eigenvalue weighted by atomic mass is 16.2. The Morgan fingerprint density at radius 3 is 2.50 bits per heavy atom. The Bertz CT molecular complexity index is 858. The van der Waals surface area contributed by atoms with E-state index in [2.05, 4.69) is 26.7 Å². The van der Waals surface area contributed by atoms with Crippen LogP contribution < -0.4 is 10.6 Å². The van der Waals surface area contributed by atoms with Gasteiger partial charge in [0.15, 0.2) is 0 Å². The van der Waals surface area contributed by atoms with Crippen LogP contribution >= 0.6 is 0 Å². The van der Waals surface area contributed by atoms with Gasteiger partial charge in [0.1, 0.15) is 0 Å². The minimum atomic E-state index is -0.246. The fraction of sp³-hybridized carbons (Fsp3) is 0.200. The molecule has 0 spiro atoms. The van der Waals surface area contributed by atoms with Gasteiger partial charge in [-0.3, -0.25) is 0 Å². The topological polar surface area (TPSA) is 62.2 Å². The van der Waals surface area contributed by atoms with Crippen molar-refractivity contribution in [3.05, 3.63) is 78.1 Å². The van der Waals surface area contributed by atoms with Crippen LogP contribution in [0.25, 0.3) is 5.69 Å². The molecule has 0 radical (unpaired) electrons. The van der Waals surface area contributed by atoms with Crippen LogP contribution in [0, 0.1) is 0 Å². The number of anilines is 1. The zero-order chi connectivity index (χ0) is 18.4. The Balaban J connectivity index is 1.66. The van der Waals surface area contributed by atoms with Gasteiger partial charge in [-0.1, -0.05) is 36.4 Å². The molecule has 134 valence electrons. The van der Waals surface area contributed by atoms with E-state index in [4.69, 9.17) is 0 Å². The van der Waals surface area contributed by atoms with E-state index in [-0.39, 0.29) is 6.03 Å². The lowest BCUT2D eigenvalue weighted by atomic mass is 10.1. The molecule has 0 atom stereocenters. The lowest BCUT2D eigenvalue weighted by molar-refractivity contribution is 0.251. The summed E-state index contributed by atoms with van der Waals surface area (Å²) in [5, 5.41) is 10.1. The van der Waals surface area contributed by atoms with Crippen LogP contribution in [0.3, 0.4) is 0 Å². The van der Waals surface area contributed by atoms with Crippen LogP contribution in [0.15, 0.2) is 67.0 Å². The highest BCUT2D eigenvalue weighted by molar-refractivity contribution is 5.91. The molecule has 2 amide bonds. The molecule has 0 saturated heterocycles. The molecular weight excluding hydrogens is 326 g/mol. The third-order valence-electron chi connectivity index (χ3n) is 3.95. The quantitative estimate of drug-likeness (QED) is 0.718. The minimum Gasteiger partial charge on any atom is -0.334 e. The highest BCUT2D eigenvalue weighted by Gasteiger charge is 2.09. The van der Waals surface area contributed by atoms with Gasteiger partial charge in [-0.15, -0.1) is 0 Å². The van der Waals surface area contributed by atoms with E-state index in [0.29, 0.717) is 12.2 Å². The SMILES string of the molecule is CN(C)Cc1ccccc1CNC(=O)Nc1ccccc1-n1cccn1. The number of urea groups is 1. The molecule has 3 aromatic rings. The predicted octanol–water partition coefficient (Wildman–Crippen LogP) is 3.26. The molecule has 0 saturated carbocycles. The molecule has 0 aliphatic rings. The normalized spacial score (nSPS) is 10.7. The molecule has 6 nitrogen and oxygen atoms in total. The standard InChI is InChI=1S/C20H23N5O/c1-24(2)15-17-9-4-3-8-16(17)14-21-20(26)23-18-10-5-6-11-19(18)25-13-7-12-22-25/h3-13H,14-15H2,1-2H3,(H2,21,23,26). The van der Waals surface area contributed by atoms with Crippen molar-refractivity contribution in [2.45, 2.75) is 13.1 Å². The second kappa shape index (κ2) is 8.31. The first-order valence-electron chi connectivity index (χ1n) is 8.49. The summed E-state index contributed by atoms with van der Waals surface area (Å²) in [4.78, 5) is 14.5. The third-order valence-corrected chi connectivity index (χ3v) is 3.95. The van der Waals surface area contributed by atoms with Crippen molar-refractivity contribution in [1.29, 1.82) is 0 Å². The first-order valence-corrected chi connectivity index (χ1v) is 8.49. The van der Waals surface area contributed by atoms with E-state index in [0.717, 1.165) is 17.8 Å². The zero-order valence-corrected chi connectivity index (χ0v) is 15.0. The summed E-state index contributed by atoms with van der Waals surface area (Å²) in [6, 6.07) is 17.3. The number of amides is 2. The number of nitrogens with zero attached hydrogens (tertiary/aromatic N) is 3. The lowest BCUT2D eigenvalue weighted by Gasteiger charge is -2.15. The molecule has 0 bridgehead atoms. The number of carbonyl (C=O) groups is 1. The summed E-state index contributed by atoms with van der Waals surface area (Å²) < 4.78 is 1.72. The van der Waals surface area contributed by atoms with Crippen LogP contribution in [0.4, 0.5) is 10.5 Å². The molecule has 1 aromatic heterocycles. The maximum atomic E-state index is 12.4. The number of rotatable bonds is 6. The molecule has 1 heterocycles. The Kier molecular flexibility index (Phi) is 5.66. The number of benzene rings is 2. The molecule has 2 N–H and O–H groups in total. The third kappa shape index (κ3) is 4.49. The van der Waals surface area contributed by atoms with E-state index >= 15 is 0 Å². The second-order valence-electron chi connectivity index (χ2n) is 6.28. The number of para-hydroxylation sites is 2. The first-order chi connectivity index (χ1) is 12.6. The molecule has 26 heavy (non-hydrogen) atoms. The van der Waals surface area contributed by atoms with Crippen molar-refractivity contribution >= 4 is 11.7 Å². The van der Waals surface area contributed by atoms with Gasteiger partial charge in [0, 0.05) is 25.5 Å².